The van der Waals surface area contributed by atoms with Crippen molar-refractivity contribution in [1.29, 1.82) is 10.5 Å². The Bertz CT molecular complexity index is 459. The summed E-state index contributed by atoms with van der Waals surface area (Å²) in [6.07, 6.45) is -2.88. The van der Waals surface area contributed by atoms with Crippen molar-refractivity contribution >= 4 is 0 Å². The van der Waals surface area contributed by atoms with Crippen LogP contribution in [-0.4, -0.2) is 23.4 Å². The highest BCUT2D eigenvalue weighted by molar-refractivity contribution is 5.44. The summed E-state index contributed by atoms with van der Waals surface area (Å²) in [5.41, 5.74) is 0.648. The van der Waals surface area contributed by atoms with Crippen molar-refractivity contribution in [2.45, 2.75) is 12.2 Å². The second-order valence-corrected chi connectivity index (χ2v) is 3.09. The molecule has 0 aliphatic rings. The maximum Gasteiger partial charge on any atom is 0.170 e. The van der Waals surface area contributed by atoms with Crippen molar-refractivity contribution in [3.8, 4) is 17.9 Å². The Morgan fingerprint density at radius 3 is 2.50 bits per heavy atom. The van der Waals surface area contributed by atoms with Crippen molar-refractivity contribution in [2.24, 2.45) is 0 Å². The number of hydrogen-bond donors (Lipinski definition) is 2. The molecule has 0 aliphatic carbocycles. The minimum atomic E-state index is -1.53. The zero-order valence-corrected chi connectivity index (χ0v) is 8.58. The Hall–Kier alpha value is -2.08. The van der Waals surface area contributed by atoms with Gasteiger partial charge < -0.3 is 14.9 Å². The van der Waals surface area contributed by atoms with E-state index in [-0.39, 0.29) is 11.3 Å². The fraction of sp³-hybridized carbons (Fsp3) is 0.273. The summed E-state index contributed by atoms with van der Waals surface area (Å²) in [6, 6.07) is 7.81. The Morgan fingerprint density at radius 2 is 2.00 bits per heavy atom. The first kappa shape index (κ1) is 12.0. The second kappa shape index (κ2) is 5.13. The number of aliphatic hydroxyl groups is 2. The van der Waals surface area contributed by atoms with Gasteiger partial charge in [0.15, 0.2) is 6.10 Å². The molecule has 1 rings (SSSR count). The lowest BCUT2D eigenvalue weighted by Gasteiger charge is -2.15. The highest BCUT2D eigenvalue weighted by Gasteiger charge is 2.21. The standard InChI is InChI=1S/C11H10N2O3/c1-16-10-4-7(5-12)2-3-8(10)11(15)9(14)6-13/h2-4,9,11,14-15H,1H3. The van der Waals surface area contributed by atoms with Crippen LogP contribution < -0.4 is 4.74 Å². The minimum Gasteiger partial charge on any atom is -0.496 e. The fourth-order valence-corrected chi connectivity index (χ4v) is 1.27. The maximum atomic E-state index is 9.63. The number of aliphatic hydroxyl groups excluding tert-OH is 2. The number of ether oxygens (including phenoxy) is 1. The van der Waals surface area contributed by atoms with Crippen LogP contribution in [0.1, 0.15) is 17.2 Å². The van der Waals surface area contributed by atoms with Crippen molar-refractivity contribution in [3.63, 3.8) is 0 Å². The zero-order valence-electron chi connectivity index (χ0n) is 8.58. The molecule has 0 spiro atoms. The van der Waals surface area contributed by atoms with Crippen LogP contribution in [0.25, 0.3) is 0 Å². The summed E-state index contributed by atoms with van der Waals surface area (Å²) in [6.45, 7) is 0. The first-order valence-electron chi connectivity index (χ1n) is 4.47. The SMILES string of the molecule is COc1cc(C#N)ccc1C(O)C(O)C#N. The number of benzene rings is 1. The largest absolute Gasteiger partial charge is 0.496 e. The molecular formula is C11H10N2O3. The quantitative estimate of drug-likeness (QED) is 0.719. The second-order valence-electron chi connectivity index (χ2n) is 3.09. The molecule has 0 saturated carbocycles. The van der Waals surface area contributed by atoms with E-state index in [1.54, 1.807) is 0 Å². The molecule has 0 radical (unpaired) electrons. The van der Waals surface area contributed by atoms with E-state index < -0.39 is 12.2 Å². The van der Waals surface area contributed by atoms with Crippen molar-refractivity contribution < 1.29 is 14.9 Å². The molecule has 2 N–H and O–H groups in total. The van der Waals surface area contributed by atoms with Gasteiger partial charge in [-0.15, -0.1) is 0 Å². The van der Waals surface area contributed by atoms with Crippen molar-refractivity contribution in [3.05, 3.63) is 29.3 Å². The van der Waals surface area contributed by atoms with E-state index in [1.165, 1.54) is 31.4 Å². The average Bonchev–Trinajstić information content (AvgIpc) is 2.35. The van der Waals surface area contributed by atoms with Crippen LogP contribution in [0, 0.1) is 22.7 Å². The third-order valence-electron chi connectivity index (χ3n) is 2.11. The van der Waals surface area contributed by atoms with E-state index in [2.05, 4.69) is 0 Å². The average molecular weight is 218 g/mol. The molecule has 0 saturated heterocycles. The molecule has 1 aromatic rings. The van der Waals surface area contributed by atoms with Crippen LogP contribution in [0.5, 0.6) is 5.75 Å². The number of nitrogens with zero attached hydrogens (tertiary/aromatic N) is 2. The molecule has 2 atom stereocenters. The van der Waals surface area contributed by atoms with Crippen molar-refractivity contribution in [1.82, 2.24) is 0 Å². The molecule has 2 unspecified atom stereocenters. The predicted octanol–water partition coefficient (Wildman–Crippen LogP) is 0.485. The normalized spacial score (nSPS) is 13.3. The van der Waals surface area contributed by atoms with Crippen LogP contribution in [0.2, 0.25) is 0 Å². The lowest BCUT2D eigenvalue weighted by atomic mass is 10.0. The molecule has 5 nitrogen and oxygen atoms in total. The van der Waals surface area contributed by atoms with E-state index in [4.69, 9.17) is 15.3 Å². The van der Waals surface area contributed by atoms with E-state index in [0.717, 1.165) is 0 Å². The van der Waals surface area contributed by atoms with Gasteiger partial charge in [0.25, 0.3) is 0 Å². The molecular weight excluding hydrogens is 208 g/mol. The number of hydrogen-bond acceptors (Lipinski definition) is 5. The van der Waals surface area contributed by atoms with Gasteiger partial charge in [-0.3, -0.25) is 0 Å². The summed E-state index contributed by atoms with van der Waals surface area (Å²) < 4.78 is 4.97. The smallest absolute Gasteiger partial charge is 0.170 e. The third kappa shape index (κ3) is 2.29. The van der Waals surface area contributed by atoms with Gasteiger partial charge in [-0.05, 0) is 12.1 Å². The molecule has 0 heterocycles. The van der Waals surface area contributed by atoms with Crippen molar-refractivity contribution in [2.75, 3.05) is 7.11 Å². The summed E-state index contributed by atoms with van der Waals surface area (Å²) in [4.78, 5) is 0. The minimum absolute atomic E-state index is 0.265. The fourth-order valence-electron chi connectivity index (χ4n) is 1.27. The molecule has 1 aromatic carbocycles. The summed E-state index contributed by atoms with van der Waals surface area (Å²) in [7, 11) is 1.38. The molecule has 16 heavy (non-hydrogen) atoms. The Labute approximate surface area is 92.7 Å². The van der Waals surface area contributed by atoms with Gasteiger partial charge in [0.05, 0.1) is 24.8 Å². The van der Waals surface area contributed by atoms with Crippen LogP contribution in [-0.2, 0) is 0 Å². The lowest BCUT2D eigenvalue weighted by molar-refractivity contribution is 0.0511. The molecule has 0 aliphatic heterocycles. The zero-order chi connectivity index (χ0) is 12.1. The first-order valence-corrected chi connectivity index (χ1v) is 4.47. The van der Waals surface area contributed by atoms with Crippen LogP contribution in [0.4, 0.5) is 0 Å². The van der Waals surface area contributed by atoms with Gasteiger partial charge >= 0.3 is 0 Å². The van der Waals surface area contributed by atoms with Gasteiger partial charge in [-0.25, -0.2) is 0 Å². The summed E-state index contributed by atoms with van der Waals surface area (Å²) >= 11 is 0. The molecule has 5 heteroatoms. The van der Waals surface area contributed by atoms with Gasteiger partial charge in [-0.1, -0.05) is 6.07 Å². The predicted molar refractivity (Wildman–Crippen MR) is 54.3 cm³/mol. The third-order valence-corrected chi connectivity index (χ3v) is 2.11. The van der Waals surface area contributed by atoms with Gasteiger partial charge in [0.2, 0.25) is 0 Å². The Morgan fingerprint density at radius 1 is 1.31 bits per heavy atom. The van der Waals surface area contributed by atoms with Crippen LogP contribution in [0.3, 0.4) is 0 Å². The highest BCUT2D eigenvalue weighted by Crippen LogP contribution is 2.28. The Kier molecular flexibility index (Phi) is 3.84. The van der Waals surface area contributed by atoms with Crippen LogP contribution in [0.15, 0.2) is 18.2 Å². The van der Waals surface area contributed by atoms with Gasteiger partial charge in [-0.2, -0.15) is 10.5 Å². The van der Waals surface area contributed by atoms with E-state index >= 15 is 0 Å². The molecule has 0 fully saturated rings. The topological polar surface area (TPSA) is 97.3 Å². The molecule has 0 bridgehead atoms. The monoisotopic (exact) mass is 218 g/mol. The first-order chi connectivity index (χ1) is 7.63. The molecule has 0 aromatic heterocycles. The Balaban J connectivity index is 3.15. The van der Waals surface area contributed by atoms with E-state index in [1.807, 2.05) is 6.07 Å². The van der Waals surface area contributed by atoms with E-state index in [0.29, 0.717) is 5.56 Å². The number of rotatable bonds is 3. The lowest BCUT2D eigenvalue weighted by Crippen LogP contribution is -2.16. The van der Waals surface area contributed by atoms with Gasteiger partial charge in [0.1, 0.15) is 11.9 Å². The van der Waals surface area contributed by atoms with Crippen LogP contribution >= 0.6 is 0 Å². The molecule has 82 valence electrons. The maximum absolute atomic E-state index is 9.63. The van der Waals surface area contributed by atoms with E-state index in [9.17, 15) is 10.2 Å². The summed E-state index contributed by atoms with van der Waals surface area (Å²) in [5.74, 6) is 0.265. The highest BCUT2D eigenvalue weighted by atomic mass is 16.5. The number of methoxy groups -OCH3 is 1. The molecule has 0 amide bonds. The number of nitriles is 2. The summed E-state index contributed by atoms with van der Waals surface area (Å²) in [5, 5.41) is 36.0. The van der Waals surface area contributed by atoms with Gasteiger partial charge in [0, 0.05) is 5.56 Å².